The Hall–Kier alpha value is -1.04. The molecule has 0 radical (unpaired) electrons. The summed E-state index contributed by atoms with van der Waals surface area (Å²) in [7, 11) is 0. The summed E-state index contributed by atoms with van der Waals surface area (Å²) < 4.78 is 0. The molecule has 3 rings (SSSR count). The van der Waals surface area contributed by atoms with E-state index in [1.165, 1.54) is 10.4 Å². The summed E-state index contributed by atoms with van der Waals surface area (Å²) in [5, 5.41) is 24.4. The molecule has 2 heterocycles. The minimum atomic E-state index is -0.0666. The van der Waals surface area contributed by atoms with Gasteiger partial charge in [0.2, 0.25) is 0 Å². The Kier molecular flexibility index (Phi) is 3.94. The molecule has 3 nitrogen and oxygen atoms in total. The summed E-state index contributed by atoms with van der Waals surface area (Å²) in [4.78, 5) is 1.36. The number of hydrogen-bond donors (Lipinski definition) is 3. The molecule has 1 aliphatic rings. The zero-order valence-corrected chi connectivity index (χ0v) is 12.1. The number of thiophene rings is 1. The van der Waals surface area contributed by atoms with Gasteiger partial charge in [-0.05, 0) is 34.7 Å². The maximum atomic E-state index is 9.56. The minimum absolute atomic E-state index is 0. The Balaban J connectivity index is 0.00000120. The van der Waals surface area contributed by atoms with Gasteiger partial charge in [-0.3, -0.25) is 0 Å². The van der Waals surface area contributed by atoms with Gasteiger partial charge in [0.15, 0.2) is 11.5 Å². The summed E-state index contributed by atoms with van der Waals surface area (Å²) in [6.45, 7) is 1.79. The summed E-state index contributed by atoms with van der Waals surface area (Å²) in [5.74, 6) is 0.143. The second-order valence-corrected chi connectivity index (χ2v) is 5.23. The van der Waals surface area contributed by atoms with Crippen LogP contribution in [0.5, 0.6) is 11.5 Å². The number of halogens is 1. The van der Waals surface area contributed by atoms with Crippen LogP contribution in [-0.2, 0) is 6.54 Å². The average Bonchev–Trinajstić information content (AvgIpc) is 2.80. The molecule has 0 aliphatic carbocycles. The molecular weight excluding hydrogens is 314 g/mol. The molecule has 0 amide bonds. The summed E-state index contributed by atoms with van der Waals surface area (Å²) in [6, 6.07) is 7.21. The highest BCUT2D eigenvalue weighted by Crippen LogP contribution is 2.36. The van der Waals surface area contributed by atoms with Crippen LogP contribution in [0, 0.1) is 0 Å². The first kappa shape index (κ1) is 13.4. The molecule has 0 bridgehead atoms. The Labute approximate surface area is 120 Å². The minimum Gasteiger partial charge on any atom is -0.504 e. The van der Waals surface area contributed by atoms with Gasteiger partial charge in [0.25, 0.3) is 0 Å². The SMILES string of the molecule is Br.Oc1ccc(C2CNCc3sccc32)cc1O. The zero-order valence-electron chi connectivity index (χ0n) is 9.59. The lowest BCUT2D eigenvalue weighted by Crippen LogP contribution is -2.27. The van der Waals surface area contributed by atoms with Crippen molar-refractivity contribution in [3.05, 3.63) is 45.6 Å². The van der Waals surface area contributed by atoms with Crippen LogP contribution in [0.4, 0.5) is 0 Å². The number of fused-ring (bicyclic) bond motifs is 1. The second kappa shape index (κ2) is 5.30. The Morgan fingerprint density at radius 2 is 2.00 bits per heavy atom. The first-order valence-electron chi connectivity index (χ1n) is 5.54. The van der Waals surface area contributed by atoms with Gasteiger partial charge >= 0.3 is 0 Å². The monoisotopic (exact) mass is 327 g/mol. The molecule has 1 aliphatic heterocycles. The molecule has 1 unspecified atom stereocenters. The largest absolute Gasteiger partial charge is 0.504 e. The number of phenolic OH excluding ortho intramolecular Hbond substituents is 2. The average molecular weight is 328 g/mol. The van der Waals surface area contributed by atoms with Crippen LogP contribution in [0.2, 0.25) is 0 Å². The number of rotatable bonds is 1. The van der Waals surface area contributed by atoms with Crippen molar-refractivity contribution in [3.63, 3.8) is 0 Å². The van der Waals surface area contributed by atoms with E-state index in [2.05, 4.69) is 16.8 Å². The maximum absolute atomic E-state index is 9.56. The van der Waals surface area contributed by atoms with E-state index in [0.29, 0.717) is 0 Å². The fourth-order valence-electron chi connectivity index (χ4n) is 2.30. The van der Waals surface area contributed by atoms with Gasteiger partial charge in [-0.2, -0.15) is 0 Å². The third-order valence-corrected chi connectivity index (χ3v) is 4.13. The van der Waals surface area contributed by atoms with Gasteiger partial charge in [0, 0.05) is 23.9 Å². The molecule has 1 aromatic heterocycles. The van der Waals surface area contributed by atoms with Crippen LogP contribution in [0.25, 0.3) is 0 Å². The van der Waals surface area contributed by atoms with Gasteiger partial charge in [-0.1, -0.05) is 6.07 Å². The van der Waals surface area contributed by atoms with Crippen molar-refractivity contribution < 1.29 is 10.2 Å². The van der Waals surface area contributed by atoms with Crippen molar-refractivity contribution in [2.24, 2.45) is 0 Å². The predicted molar refractivity (Wildman–Crippen MR) is 78.0 cm³/mol. The van der Waals surface area contributed by atoms with E-state index < -0.39 is 0 Å². The van der Waals surface area contributed by atoms with Crippen LogP contribution >= 0.6 is 28.3 Å². The Bertz CT molecular complexity index is 556. The fourth-order valence-corrected chi connectivity index (χ4v) is 3.21. The molecule has 18 heavy (non-hydrogen) atoms. The van der Waals surface area contributed by atoms with E-state index in [1.807, 2.05) is 6.07 Å². The van der Waals surface area contributed by atoms with Crippen molar-refractivity contribution in [1.29, 1.82) is 0 Å². The lowest BCUT2D eigenvalue weighted by Gasteiger charge is -2.24. The van der Waals surface area contributed by atoms with Crippen LogP contribution < -0.4 is 5.32 Å². The first-order chi connectivity index (χ1) is 8.25. The van der Waals surface area contributed by atoms with Crippen molar-refractivity contribution in [1.82, 2.24) is 5.32 Å². The summed E-state index contributed by atoms with van der Waals surface area (Å²) >= 11 is 1.76. The number of nitrogens with one attached hydrogen (secondary N) is 1. The molecule has 0 fully saturated rings. The van der Waals surface area contributed by atoms with E-state index in [-0.39, 0.29) is 34.4 Å². The number of benzene rings is 1. The molecule has 0 spiro atoms. The number of hydrogen-bond acceptors (Lipinski definition) is 4. The van der Waals surface area contributed by atoms with Crippen LogP contribution in [-0.4, -0.2) is 16.8 Å². The Morgan fingerprint density at radius 1 is 1.17 bits per heavy atom. The lowest BCUT2D eigenvalue weighted by molar-refractivity contribution is 0.402. The lowest BCUT2D eigenvalue weighted by atomic mass is 9.89. The summed E-state index contributed by atoms with van der Waals surface area (Å²) in [6.07, 6.45) is 0. The third-order valence-electron chi connectivity index (χ3n) is 3.19. The van der Waals surface area contributed by atoms with Crippen molar-refractivity contribution in [3.8, 4) is 11.5 Å². The number of aromatic hydroxyl groups is 2. The Morgan fingerprint density at radius 3 is 2.78 bits per heavy atom. The highest BCUT2D eigenvalue weighted by Gasteiger charge is 2.22. The van der Waals surface area contributed by atoms with Gasteiger partial charge in [-0.25, -0.2) is 0 Å². The van der Waals surface area contributed by atoms with Gasteiger partial charge in [0.05, 0.1) is 0 Å². The smallest absolute Gasteiger partial charge is 0.157 e. The van der Waals surface area contributed by atoms with Crippen LogP contribution in [0.1, 0.15) is 21.9 Å². The quantitative estimate of drug-likeness (QED) is 0.706. The van der Waals surface area contributed by atoms with Gasteiger partial charge < -0.3 is 15.5 Å². The van der Waals surface area contributed by atoms with E-state index in [9.17, 15) is 10.2 Å². The molecule has 5 heteroatoms. The molecule has 0 saturated heterocycles. The first-order valence-corrected chi connectivity index (χ1v) is 6.42. The van der Waals surface area contributed by atoms with E-state index >= 15 is 0 Å². The number of phenols is 2. The molecule has 2 aromatic rings. The van der Waals surface area contributed by atoms with Gasteiger partial charge in [0.1, 0.15) is 0 Å². The third kappa shape index (κ3) is 2.25. The highest BCUT2D eigenvalue weighted by atomic mass is 79.9. The molecule has 96 valence electrons. The fraction of sp³-hybridized carbons (Fsp3) is 0.231. The standard InChI is InChI=1S/C13H13NO2S.BrH/c15-11-2-1-8(5-12(11)16)10-6-14-7-13-9(10)3-4-17-13;/h1-5,10,14-16H,6-7H2;1H. The summed E-state index contributed by atoms with van der Waals surface area (Å²) in [5.41, 5.74) is 2.37. The molecule has 3 N–H and O–H groups in total. The van der Waals surface area contributed by atoms with E-state index in [1.54, 1.807) is 23.5 Å². The predicted octanol–water partition coefficient (Wildman–Crippen LogP) is 2.97. The normalized spacial score (nSPS) is 17.9. The topological polar surface area (TPSA) is 52.5 Å². The molecule has 1 aromatic carbocycles. The van der Waals surface area contributed by atoms with Crippen molar-refractivity contribution in [2.75, 3.05) is 6.54 Å². The highest BCUT2D eigenvalue weighted by molar-refractivity contribution is 8.93. The van der Waals surface area contributed by atoms with E-state index in [0.717, 1.165) is 18.7 Å². The van der Waals surface area contributed by atoms with E-state index in [4.69, 9.17) is 0 Å². The maximum Gasteiger partial charge on any atom is 0.157 e. The molecule has 1 atom stereocenters. The molecule has 0 saturated carbocycles. The second-order valence-electron chi connectivity index (χ2n) is 4.23. The zero-order chi connectivity index (χ0) is 11.8. The van der Waals surface area contributed by atoms with Crippen LogP contribution in [0.3, 0.4) is 0 Å². The van der Waals surface area contributed by atoms with Crippen LogP contribution in [0.15, 0.2) is 29.6 Å². The van der Waals surface area contributed by atoms with Crippen molar-refractivity contribution in [2.45, 2.75) is 12.5 Å². The van der Waals surface area contributed by atoms with Crippen molar-refractivity contribution >= 4 is 28.3 Å². The van der Waals surface area contributed by atoms with Gasteiger partial charge in [-0.15, -0.1) is 28.3 Å². The molecular formula is C13H14BrNO2S.